The Morgan fingerprint density at radius 1 is 1.29 bits per heavy atom. The van der Waals surface area contributed by atoms with E-state index in [1.807, 2.05) is 12.4 Å². The number of likely N-dealkylation sites (tertiary alicyclic amines) is 2. The lowest BCUT2D eigenvalue weighted by Gasteiger charge is -2.32. The first kappa shape index (κ1) is 17.8. The highest BCUT2D eigenvalue weighted by atomic mass is 32.2. The zero-order valence-electron chi connectivity index (χ0n) is 14.8. The molecule has 134 valence electrons. The molecule has 2 fully saturated rings. The van der Waals surface area contributed by atoms with E-state index in [2.05, 4.69) is 26.3 Å². The first-order valence-electron chi connectivity index (χ1n) is 9.37. The normalized spacial score (nSPS) is 22.2. The van der Waals surface area contributed by atoms with Gasteiger partial charge in [-0.25, -0.2) is 4.98 Å². The van der Waals surface area contributed by atoms with Crippen molar-refractivity contribution in [2.45, 2.75) is 45.1 Å². The number of aryl methyl sites for hydroxylation is 1. The molecule has 0 saturated carbocycles. The third kappa shape index (κ3) is 4.54. The second kappa shape index (κ2) is 8.90. The molecule has 1 atom stereocenters. The van der Waals surface area contributed by atoms with Crippen LogP contribution in [0, 0.1) is 0 Å². The first-order valence-corrected chi connectivity index (χ1v) is 10.5. The lowest BCUT2D eigenvalue weighted by molar-refractivity contribution is -0.129. The second-order valence-corrected chi connectivity index (χ2v) is 7.96. The van der Waals surface area contributed by atoms with Gasteiger partial charge in [0.2, 0.25) is 5.91 Å². The number of amides is 1. The summed E-state index contributed by atoms with van der Waals surface area (Å²) in [6.07, 6.45) is 8.84. The number of thioether (sulfide) groups is 1. The van der Waals surface area contributed by atoms with Crippen molar-refractivity contribution in [3.05, 3.63) is 18.2 Å². The smallest absolute Gasteiger partial charge is 0.232 e. The molecule has 2 saturated heterocycles. The van der Waals surface area contributed by atoms with Crippen molar-refractivity contribution in [3.63, 3.8) is 0 Å². The van der Waals surface area contributed by atoms with E-state index in [-0.39, 0.29) is 0 Å². The summed E-state index contributed by atoms with van der Waals surface area (Å²) in [5, 5.41) is 0. The summed E-state index contributed by atoms with van der Waals surface area (Å²) in [6.45, 7) is 8.46. The molecule has 0 spiro atoms. The summed E-state index contributed by atoms with van der Waals surface area (Å²) in [5.41, 5.74) is 0. The Morgan fingerprint density at radius 3 is 2.92 bits per heavy atom. The molecule has 0 unspecified atom stereocenters. The van der Waals surface area contributed by atoms with Crippen molar-refractivity contribution in [1.82, 2.24) is 19.4 Å². The van der Waals surface area contributed by atoms with Gasteiger partial charge in [0, 0.05) is 50.2 Å². The van der Waals surface area contributed by atoms with Crippen molar-refractivity contribution < 1.29 is 4.79 Å². The van der Waals surface area contributed by atoms with Gasteiger partial charge >= 0.3 is 0 Å². The summed E-state index contributed by atoms with van der Waals surface area (Å²) >= 11 is 1.79. The highest BCUT2D eigenvalue weighted by Gasteiger charge is 2.27. The topological polar surface area (TPSA) is 41.4 Å². The molecule has 0 radical (unpaired) electrons. The van der Waals surface area contributed by atoms with E-state index in [0.717, 1.165) is 50.6 Å². The number of piperidine rings is 1. The molecule has 0 N–H and O–H groups in total. The van der Waals surface area contributed by atoms with Crippen molar-refractivity contribution in [1.29, 1.82) is 0 Å². The number of hydrogen-bond acceptors (Lipinski definition) is 4. The third-order valence-corrected chi connectivity index (χ3v) is 6.13. The minimum Gasteiger partial charge on any atom is -0.341 e. The SMILES string of the molecule is CCn1ccnc1[C@H]1CCCN(C(=O)CSCCN2CCCC2)C1. The minimum atomic E-state index is 0.306. The molecule has 3 heterocycles. The third-order valence-electron chi connectivity index (χ3n) is 5.20. The Kier molecular flexibility index (Phi) is 6.60. The van der Waals surface area contributed by atoms with Crippen molar-refractivity contribution >= 4 is 17.7 Å². The van der Waals surface area contributed by atoms with Gasteiger partial charge in [0.25, 0.3) is 0 Å². The van der Waals surface area contributed by atoms with E-state index in [1.54, 1.807) is 11.8 Å². The van der Waals surface area contributed by atoms with Crippen LogP contribution in [0.15, 0.2) is 12.4 Å². The minimum absolute atomic E-state index is 0.306. The monoisotopic (exact) mass is 350 g/mol. The van der Waals surface area contributed by atoms with E-state index in [0.29, 0.717) is 17.6 Å². The van der Waals surface area contributed by atoms with Gasteiger partial charge in [0.05, 0.1) is 5.75 Å². The van der Waals surface area contributed by atoms with E-state index in [1.165, 1.54) is 25.9 Å². The van der Waals surface area contributed by atoms with Gasteiger partial charge in [-0.2, -0.15) is 11.8 Å². The molecule has 2 aliphatic rings. The fraction of sp³-hybridized carbons (Fsp3) is 0.778. The Balaban J connectivity index is 1.43. The number of carbonyl (C=O) groups is 1. The predicted molar refractivity (Wildman–Crippen MR) is 99.5 cm³/mol. The molecule has 24 heavy (non-hydrogen) atoms. The number of carbonyl (C=O) groups excluding carboxylic acids is 1. The van der Waals surface area contributed by atoms with Gasteiger partial charge in [-0.3, -0.25) is 4.79 Å². The van der Waals surface area contributed by atoms with Crippen LogP contribution in [-0.2, 0) is 11.3 Å². The molecule has 0 bridgehead atoms. The predicted octanol–water partition coefficient (Wildman–Crippen LogP) is 2.44. The molecule has 3 rings (SSSR count). The summed E-state index contributed by atoms with van der Waals surface area (Å²) in [6, 6.07) is 0. The molecule has 1 aromatic rings. The van der Waals surface area contributed by atoms with Crippen molar-refractivity contribution in [2.24, 2.45) is 0 Å². The van der Waals surface area contributed by atoms with Gasteiger partial charge in [-0.15, -0.1) is 0 Å². The average molecular weight is 351 g/mol. The summed E-state index contributed by atoms with van der Waals surface area (Å²) in [4.78, 5) is 21.6. The molecule has 5 nitrogen and oxygen atoms in total. The summed E-state index contributed by atoms with van der Waals surface area (Å²) < 4.78 is 2.21. The summed E-state index contributed by atoms with van der Waals surface area (Å²) in [7, 11) is 0. The molecule has 6 heteroatoms. The summed E-state index contributed by atoms with van der Waals surface area (Å²) in [5.74, 6) is 3.55. The molecule has 2 aliphatic heterocycles. The highest BCUT2D eigenvalue weighted by molar-refractivity contribution is 7.99. The molecule has 0 aliphatic carbocycles. The second-order valence-electron chi connectivity index (χ2n) is 6.85. The van der Waals surface area contributed by atoms with Crippen LogP contribution < -0.4 is 0 Å². The standard InChI is InChI=1S/C18H30N4OS/c1-2-21-11-7-19-18(21)16-6-5-10-22(14-16)17(23)15-24-13-12-20-8-3-4-9-20/h7,11,16H,2-6,8-10,12-15H2,1H3/t16-/m0/s1. The van der Waals surface area contributed by atoms with Crippen LogP contribution in [0.4, 0.5) is 0 Å². The fourth-order valence-corrected chi connectivity index (χ4v) is 4.70. The highest BCUT2D eigenvalue weighted by Crippen LogP contribution is 2.26. The Bertz CT molecular complexity index is 527. The number of aromatic nitrogens is 2. The van der Waals surface area contributed by atoms with Crippen LogP contribution in [0.2, 0.25) is 0 Å². The molecule has 1 aromatic heterocycles. The van der Waals surface area contributed by atoms with Crippen LogP contribution in [0.1, 0.15) is 44.3 Å². The van der Waals surface area contributed by atoms with E-state index in [4.69, 9.17) is 0 Å². The maximum absolute atomic E-state index is 12.5. The Morgan fingerprint density at radius 2 is 2.12 bits per heavy atom. The number of rotatable bonds is 7. The molecular weight excluding hydrogens is 320 g/mol. The van der Waals surface area contributed by atoms with Crippen LogP contribution in [0.5, 0.6) is 0 Å². The van der Waals surface area contributed by atoms with Crippen LogP contribution in [0.25, 0.3) is 0 Å². The Hall–Kier alpha value is -1.01. The van der Waals surface area contributed by atoms with Gasteiger partial charge in [0.15, 0.2) is 0 Å². The molecule has 1 amide bonds. The fourth-order valence-electron chi connectivity index (χ4n) is 3.81. The lowest BCUT2D eigenvalue weighted by Crippen LogP contribution is -2.40. The molecule has 0 aromatic carbocycles. The zero-order chi connectivity index (χ0) is 16.8. The lowest BCUT2D eigenvalue weighted by atomic mass is 9.97. The van der Waals surface area contributed by atoms with E-state index < -0.39 is 0 Å². The largest absolute Gasteiger partial charge is 0.341 e. The quantitative estimate of drug-likeness (QED) is 0.708. The van der Waals surface area contributed by atoms with E-state index >= 15 is 0 Å². The zero-order valence-corrected chi connectivity index (χ0v) is 15.6. The number of imidazole rings is 1. The van der Waals surface area contributed by atoms with Gasteiger partial charge in [-0.1, -0.05) is 0 Å². The van der Waals surface area contributed by atoms with Crippen LogP contribution in [0.3, 0.4) is 0 Å². The van der Waals surface area contributed by atoms with Gasteiger partial charge < -0.3 is 14.4 Å². The van der Waals surface area contributed by atoms with Crippen molar-refractivity contribution in [3.8, 4) is 0 Å². The van der Waals surface area contributed by atoms with E-state index in [9.17, 15) is 4.79 Å². The maximum atomic E-state index is 12.5. The first-order chi connectivity index (χ1) is 11.8. The molecular formula is C18H30N4OS. The van der Waals surface area contributed by atoms with Crippen LogP contribution in [-0.4, -0.2) is 69.5 Å². The maximum Gasteiger partial charge on any atom is 0.232 e. The van der Waals surface area contributed by atoms with Crippen molar-refractivity contribution in [2.75, 3.05) is 44.2 Å². The number of hydrogen-bond donors (Lipinski definition) is 0. The van der Waals surface area contributed by atoms with Gasteiger partial charge in [-0.05, 0) is 45.7 Å². The Labute approximate surface area is 149 Å². The average Bonchev–Trinajstić information content (AvgIpc) is 3.29. The number of nitrogens with zero attached hydrogens (tertiary/aromatic N) is 4. The van der Waals surface area contributed by atoms with Gasteiger partial charge in [0.1, 0.15) is 5.82 Å². The van der Waals surface area contributed by atoms with Crippen LogP contribution >= 0.6 is 11.8 Å².